The van der Waals surface area contributed by atoms with Crippen LogP contribution in [0.15, 0.2) is 27.4 Å². The summed E-state index contributed by atoms with van der Waals surface area (Å²) in [5.41, 5.74) is -0.401. The van der Waals surface area contributed by atoms with E-state index in [4.69, 9.17) is 19.2 Å². The van der Waals surface area contributed by atoms with Crippen molar-refractivity contribution in [2.45, 2.75) is 0 Å². The lowest BCUT2D eigenvalue weighted by Gasteiger charge is -2.07. The third kappa shape index (κ3) is 1.81. The van der Waals surface area contributed by atoms with Crippen LogP contribution in [0.1, 0.15) is 5.56 Å². The van der Waals surface area contributed by atoms with Crippen molar-refractivity contribution in [3.05, 3.63) is 34.2 Å². The summed E-state index contributed by atoms with van der Waals surface area (Å²) in [6.45, 7) is 0. The van der Waals surface area contributed by atoms with Gasteiger partial charge in [-0.25, -0.2) is 4.79 Å². The SMILES string of the molecule is COc1cc(OC)c2cc(C#N)c(=O)oc2c1. The minimum absolute atomic E-state index is 0.0547. The van der Waals surface area contributed by atoms with E-state index in [1.54, 1.807) is 18.2 Å². The van der Waals surface area contributed by atoms with E-state index in [1.807, 2.05) is 0 Å². The number of rotatable bonds is 2. The van der Waals surface area contributed by atoms with E-state index in [2.05, 4.69) is 0 Å². The van der Waals surface area contributed by atoms with Gasteiger partial charge in [0.2, 0.25) is 0 Å². The highest BCUT2D eigenvalue weighted by atomic mass is 16.5. The maximum atomic E-state index is 11.4. The van der Waals surface area contributed by atoms with Crippen LogP contribution in [0.2, 0.25) is 0 Å². The van der Waals surface area contributed by atoms with E-state index in [0.717, 1.165) is 0 Å². The second-order valence-electron chi connectivity index (χ2n) is 3.30. The Balaban J connectivity index is 2.86. The molecule has 0 aliphatic carbocycles. The van der Waals surface area contributed by atoms with Crippen LogP contribution in [-0.4, -0.2) is 14.2 Å². The van der Waals surface area contributed by atoms with Crippen molar-refractivity contribution in [1.82, 2.24) is 0 Å². The largest absolute Gasteiger partial charge is 0.496 e. The van der Waals surface area contributed by atoms with Crippen LogP contribution < -0.4 is 15.1 Å². The molecule has 0 N–H and O–H groups in total. The van der Waals surface area contributed by atoms with Crippen LogP contribution in [0.3, 0.4) is 0 Å². The number of benzene rings is 1. The number of hydrogen-bond donors (Lipinski definition) is 0. The summed E-state index contributed by atoms with van der Waals surface area (Å²) in [4.78, 5) is 11.4. The van der Waals surface area contributed by atoms with Gasteiger partial charge in [0.25, 0.3) is 0 Å². The Hall–Kier alpha value is -2.48. The third-order valence-corrected chi connectivity index (χ3v) is 2.36. The molecule has 0 aliphatic heterocycles. The first-order valence-corrected chi connectivity index (χ1v) is 4.79. The molecule has 17 heavy (non-hydrogen) atoms. The van der Waals surface area contributed by atoms with Crippen LogP contribution in [0, 0.1) is 11.3 Å². The van der Waals surface area contributed by atoms with Gasteiger partial charge in [-0.2, -0.15) is 5.26 Å². The van der Waals surface area contributed by atoms with Crippen molar-refractivity contribution < 1.29 is 13.9 Å². The summed E-state index contributed by atoms with van der Waals surface area (Å²) in [5.74, 6) is 1.00. The van der Waals surface area contributed by atoms with Gasteiger partial charge >= 0.3 is 5.63 Å². The topological polar surface area (TPSA) is 72.5 Å². The molecule has 0 amide bonds. The van der Waals surface area contributed by atoms with E-state index in [-0.39, 0.29) is 5.56 Å². The second kappa shape index (κ2) is 4.18. The summed E-state index contributed by atoms with van der Waals surface area (Å²) < 4.78 is 15.2. The van der Waals surface area contributed by atoms with Gasteiger partial charge in [-0.3, -0.25) is 0 Å². The van der Waals surface area contributed by atoms with Gasteiger partial charge in [0.05, 0.1) is 19.6 Å². The van der Waals surface area contributed by atoms with Gasteiger partial charge in [-0.1, -0.05) is 0 Å². The van der Waals surface area contributed by atoms with Crippen LogP contribution in [0.4, 0.5) is 0 Å². The molecule has 0 radical (unpaired) electrons. The van der Waals surface area contributed by atoms with Gasteiger partial charge in [0.1, 0.15) is 28.7 Å². The average molecular weight is 231 g/mol. The smallest absolute Gasteiger partial charge is 0.354 e. The molecule has 5 nitrogen and oxygen atoms in total. The molecule has 2 rings (SSSR count). The van der Waals surface area contributed by atoms with Gasteiger partial charge in [0.15, 0.2) is 0 Å². The number of nitrogens with zero attached hydrogens (tertiary/aromatic N) is 1. The molecule has 0 saturated carbocycles. The van der Waals surface area contributed by atoms with Crippen LogP contribution >= 0.6 is 0 Å². The molecule has 0 bridgehead atoms. The van der Waals surface area contributed by atoms with E-state index in [1.165, 1.54) is 20.3 Å². The predicted octanol–water partition coefficient (Wildman–Crippen LogP) is 1.68. The van der Waals surface area contributed by atoms with Crippen LogP contribution in [-0.2, 0) is 0 Å². The normalized spacial score (nSPS) is 9.94. The summed E-state index contributed by atoms with van der Waals surface area (Å²) in [7, 11) is 2.99. The lowest BCUT2D eigenvalue weighted by molar-refractivity contribution is 0.396. The zero-order valence-electron chi connectivity index (χ0n) is 9.31. The van der Waals surface area contributed by atoms with Crippen molar-refractivity contribution in [3.8, 4) is 17.6 Å². The van der Waals surface area contributed by atoms with Crippen molar-refractivity contribution in [2.24, 2.45) is 0 Å². The molecule has 86 valence electrons. The average Bonchev–Trinajstić information content (AvgIpc) is 2.36. The number of hydrogen-bond acceptors (Lipinski definition) is 5. The highest BCUT2D eigenvalue weighted by Crippen LogP contribution is 2.30. The monoisotopic (exact) mass is 231 g/mol. The molecule has 0 fully saturated rings. The maximum Gasteiger partial charge on any atom is 0.354 e. The summed E-state index contributed by atoms with van der Waals surface area (Å²) in [6.07, 6.45) is 0. The van der Waals surface area contributed by atoms with E-state index < -0.39 is 5.63 Å². The Morgan fingerprint density at radius 1 is 1.24 bits per heavy atom. The van der Waals surface area contributed by atoms with Crippen molar-refractivity contribution in [3.63, 3.8) is 0 Å². The lowest BCUT2D eigenvalue weighted by Crippen LogP contribution is -2.03. The van der Waals surface area contributed by atoms with Crippen molar-refractivity contribution in [2.75, 3.05) is 14.2 Å². The van der Waals surface area contributed by atoms with Gasteiger partial charge in [-0.15, -0.1) is 0 Å². The fourth-order valence-corrected chi connectivity index (χ4v) is 1.53. The Morgan fingerprint density at radius 2 is 2.00 bits per heavy atom. The highest BCUT2D eigenvalue weighted by Gasteiger charge is 2.11. The summed E-state index contributed by atoms with van der Waals surface area (Å²) >= 11 is 0. The first-order chi connectivity index (χ1) is 8.19. The molecule has 5 heteroatoms. The molecular formula is C12H9NO4. The molecule has 1 aromatic carbocycles. The molecule has 2 aromatic rings. The lowest BCUT2D eigenvalue weighted by atomic mass is 10.1. The molecule has 0 aliphatic rings. The zero-order chi connectivity index (χ0) is 12.4. The Kier molecular flexibility index (Phi) is 2.71. The number of nitriles is 1. The highest BCUT2D eigenvalue weighted by molar-refractivity contribution is 5.86. The first kappa shape index (κ1) is 11.0. The fraction of sp³-hybridized carbons (Fsp3) is 0.167. The Labute approximate surface area is 96.8 Å². The predicted molar refractivity (Wildman–Crippen MR) is 60.3 cm³/mol. The molecule has 1 aromatic heterocycles. The number of methoxy groups -OCH3 is 2. The van der Waals surface area contributed by atoms with Gasteiger partial charge in [0, 0.05) is 12.1 Å². The molecule has 0 unspecified atom stereocenters. The van der Waals surface area contributed by atoms with Gasteiger partial charge < -0.3 is 13.9 Å². The minimum atomic E-state index is -0.671. The molecular weight excluding hydrogens is 222 g/mol. The minimum Gasteiger partial charge on any atom is -0.496 e. The van der Waals surface area contributed by atoms with Crippen LogP contribution in [0.5, 0.6) is 11.5 Å². The number of fused-ring (bicyclic) bond motifs is 1. The Bertz CT molecular complexity index is 666. The molecule has 0 atom stereocenters. The first-order valence-electron chi connectivity index (χ1n) is 4.79. The van der Waals surface area contributed by atoms with E-state index in [0.29, 0.717) is 22.5 Å². The zero-order valence-corrected chi connectivity index (χ0v) is 9.31. The third-order valence-electron chi connectivity index (χ3n) is 2.36. The van der Waals surface area contributed by atoms with Crippen molar-refractivity contribution >= 4 is 11.0 Å². The standard InChI is InChI=1S/C12H9NO4/c1-15-8-4-10(16-2)9-3-7(6-13)12(14)17-11(9)5-8/h3-5H,1-2H3. The quantitative estimate of drug-likeness (QED) is 0.735. The molecule has 1 heterocycles. The molecule has 0 spiro atoms. The fourth-order valence-electron chi connectivity index (χ4n) is 1.53. The second-order valence-corrected chi connectivity index (χ2v) is 3.30. The maximum absolute atomic E-state index is 11.4. The Morgan fingerprint density at radius 3 is 2.59 bits per heavy atom. The summed E-state index contributed by atoms with van der Waals surface area (Å²) in [5, 5.41) is 9.33. The van der Waals surface area contributed by atoms with Crippen molar-refractivity contribution in [1.29, 1.82) is 5.26 Å². The molecule has 0 saturated heterocycles. The van der Waals surface area contributed by atoms with Crippen LogP contribution in [0.25, 0.3) is 11.0 Å². The number of ether oxygens (including phenoxy) is 2. The van der Waals surface area contributed by atoms with Gasteiger partial charge in [-0.05, 0) is 6.07 Å². The van der Waals surface area contributed by atoms with E-state index in [9.17, 15) is 4.79 Å². The summed E-state index contributed by atoms with van der Waals surface area (Å²) in [6, 6.07) is 6.44. The van der Waals surface area contributed by atoms with E-state index >= 15 is 0 Å².